The van der Waals surface area contributed by atoms with Crippen LogP contribution in [0.5, 0.6) is 11.5 Å². The maximum Gasteiger partial charge on any atom is 0.155 e. The Labute approximate surface area is 329 Å². The van der Waals surface area contributed by atoms with Crippen LogP contribution in [0.15, 0.2) is 218 Å². The third-order valence-corrected chi connectivity index (χ3v) is 14.5. The van der Waals surface area contributed by atoms with Gasteiger partial charge in [0.05, 0.1) is 11.1 Å². The van der Waals surface area contributed by atoms with Crippen LogP contribution in [0.3, 0.4) is 0 Å². The van der Waals surface area contributed by atoms with E-state index < -0.39 is 14.2 Å². The molecule has 263 valence electrons. The van der Waals surface area contributed by atoms with Gasteiger partial charge in [0, 0.05) is 27.9 Å². The molecule has 56 heavy (non-hydrogen) atoms. The van der Waals surface area contributed by atoms with E-state index in [9.17, 15) is 0 Å². The summed E-state index contributed by atoms with van der Waals surface area (Å²) in [4.78, 5) is 2.46. The number of hydrogen-bond acceptors (Lipinski definition) is 2. The summed E-state index contributed by atoms with van der Waals surface area (Å²) in [6.45, 7) is 0. The first kappa shape index (κ1) is 32.5. The highest BCUT2D eigenvalue weighted by atomic mass is 28.3. The summed E-state index contributed by atoms with van der Waals surface area (Å²) < 4.78 is 6.76. The molecule has 0 aliphatic carbocycles. The molecule has 0 amide bonds. The monoisotopic (exact) mass is 730 g/mol. The highest BCUT2D eigenvalue weighted by Crippen LogP contribution is 2.56. The highest BCUT2D eigenvalue weighted by molar-refractivity contribution is 6.96. The van der Waals surface area contributed by atoms with Gasteiger partial charge in [0.15, 0.2) is 8.80 Å². The summed E-state index contributed by atoms with van der Waals surface area (Å²) >= 11 is 0. The van der Waals surface area contributed by atoms with Gasteiger partial charge in [-0.25, -0.2) is 0 Å². The molecule has 11 rings (SSSR count). The minimum absolute atomic E-state index is 0.613. The van der Waals surface area contributed by atoms with Crippen molar-refractivity contribution in [2.75, 3.05) is 4.90 Å². The normalized spacial score (nSPS) is 13.6. The average Bonchev–Trinajstić information content (AvgIpc) is 3.27. The summed E-state index contributed by atoms with van der Waals surface area (Å²) in [7, 11) is -1.42. The van der Waals surface area contributed by atoms with Gasteiger partial charge in [-0.15, -0.1) is 0 Å². The molecule has 0 N–H and O–H groups in total. The van der Waals surface area contributed by atoms with Crippen LogP contribution >= 0.6 is 0 Å². The van der Waals surface area contributed by atoms with Gasteiger partial charge in [0.2, 0.25) is 0 Å². The van der Waals surface area contributed by atoms with Crippen LogP contribution in [0.4, 0.5) is 17.1 Å². The Hall–Kier alpha value is -6.94. The summed E-state index contributed by atoms with van der Waals surface area (Å²) in [6, 6.07) is 80.0. The number of nitrogens with zero attached hydrogens (tertiary/aromatic N) is 1. The molecule has 0 fully saturated rings. The van der Waals surface area contributed by atoms with Gasteiger partial charge >= 0.3 is 0 Å². The van der Waals surface area contributed by atoms with Crippen LogP contribution in [-0.4, -0.2) is 8.80 Å². The van der Waals surface area contributed by atoms with Gasteiger partial charge in [-0.3, -0.25) is 0 Å². The molecule has 2 heterocycles. The van der Waals surface area contributed by atoms with E-state index in [1.165, 1.54) is 59.7 Å². The Morgan fingerprint density at radius 1 is 0.393 bits per heavy atom. The van der Waals surface area contributed by atoms with Crippen molar-refractivity contribution >= 4 is 52.2 Å². The van der Waals surface area contributed by atoms with Crippen molar-refractivity contribution in [3.05, 3.63) is 241 Å². The van der Waals surface area contributed by atoms with Gasteiger partial charge in [0.1, 0.15) is 11.5 Å². The fourth-order valence-electron chi connectivity index (χ4n) is 9.27. The summed E-state index contributed by atoms with van der Waals surface area (Å²) in [5, 5.41) is 6.60. The second kappa shape index (κ2) is 13.1. The van der Waals surface area contributed by atoms with Gasteiger partial charge in [-0.1, -0.05) is 181 Å². The van der Waals surface area contributed by atoms with E-state index in [2.05, 4.69) is 223 Å². The molecule has 1 radical (unpaired) electrons. The van der Waals surface area contributed by atoms with E-state index in [-0.39, 0.29) is 0 Å². The van der Waals surface area contributed by atoms with Crippen molar-refractivity contribution < 1.29 is 4.74 Å². The van der Waals surface area contributed by atoms with Crippen molar-refractivity contribution in [2.45, 2.75) is 5.41 Å². The van der Waals surface area contributed by atoms with Crippen molar-refractivity contribution in [1.29, 1.82) is 0 Å². The molecule has 2 nitrogen and oxygen atoms in total. The van der Waals surface area contributed by atoms with E-state index in [1.807, 2.05) is 0 Å². The molecule has 3 heteroatoms. The zero-order valence-electron chi connectivity index (χ0n) is 30.6. The molecule has 0 bridgehead atoms. The number of rotatable bonds is 5. The van der Waals surface area contributed by atoms with Crippen molar-refractivity contribution in [1.82, 2.24) is 0 Å². The smallest absolute Gasteiger partial charge is 0.155 e. The van der Waals surface area contributed by atoms with E-state index in [0.717, 1.165) is 28.6 Å². The van der Waals surface area contributed by atoms with Crippen LogP contribution in [0, 0.1) is 0 Å². The molecule has 0 unspecified atom stereocenters. The first-order chi connectivity index (χ1) is 27.8. The van der Waals surface area contributed by atoms with Gasteiger partial charge in [-0.2, -0.15) is 0 Å². The Balaban J connectivity index is 1.23. The fraction of sp³-hybridized carbons (Fsp3) is 0.0189. The van der Waals surface area contributed by atoms with Gasteiger partial charge in [0.25, 0.3) is 0 Å². The lowest BCUT2D eigenvalue weighted by atomic mass is 9.63. The predicted octanol–water partition coefficient (Wildman–Crippen LogP) is 11.3. The minimum Gasteiger partial charge on any atom is -0.457 e. The van der Waals surface area contributed by atoms with Gasteiger partial charge < -0.3 is 9.64 Å². The van der Waals surface area contributed by atoms with Crippen LogP contribution in [0.1, 0.15) is 22.3 Å². The first-order valence-electron chi connectivity index (χ1n) is 19.3. The number of hydrogen-bond donors (Lipinski definition) is 0. The summed E-state index contributed by atoms with van der Waals surface area (Å²) in [5.74, 6) is 1.80. The molecule has 0 saturated carbocycles. The molecule has 2 aliphatic heterocycles. The molecule has 9 aromatic carbocycles. The van der Waals surface area contributed by atoms with E-state index in [4.69, 9.17) is 4.74 Å². The lowest BCUT2D eigenvalue weighted by Crippen LogP contribution is -2.62. The van der Waals surface area contributed by atoms with Crippen molar-refractivity contribution in [2.24, 2.45) is 0 Å². The van der Waals surface area contributed by atoms with E-state index in [1.54, 1.807) is 0 Å². The average molecular weight is 731 g/mol. The molecule has 0 saturated heterocycles. The van der Waals surface area contributed by atoms with E-state index in [0.29, 0.717) is 0 Å². The largest absolute Gasteiger partial charge is 0.457 e. The number of para-hydroxylation sites is 2. The van der Waals surface area contributed by atoms with Gasteiger partial charge in [-0.05, 0) is 80.5 Å². The number of fused-ring (bicyclic) bond motifs is 9. The summed E-state index contributed by atoms with van der Waals surface area (Å²) in [5.41, 5.74) is 10.1. The number of ether oxygens (including phenoxy) is 1. The van der Waals surface area contributed by atoms with Crippen LogP contribution in [-0.2, 0) is 5.41 Å². The molecule has 2 aliphatic rings. The molecule has 9 aromatic rings. The zero-order chi connectivity index (χ0) is 37.1. The van der Waals surface area contributed by atoms with Crippen molar-refractivity contribution in [3.63, 3.8) is 0 Å². The topological polar surface area (TPSA) is 12.5 Å². The number of benzene rings is 9. The summed E-state index contributed by atoms with van der Waals surface area (Å²) in [6.07, 6.45) is 0. The Kier molecular flexibility index (Phi) is 7.61. The van der Waals surface area contributed by atoms with E-state index >= 15 is 0 Å². The number of anilines is 3. The van der Waals surface area contributed by atoms with Crippen LogP contribution in [0.25, 0.3) is 21.9 Å². The molecular formula is C53H36NOSi. The fourth-order valence-corrected chi connectivity index (χ4v) is 12.3. The lowest BCUT2D eigenvalue weighted by molar-refractivity contribution is 0.435. The standard InChI is InChI=1S/C53H36NOSi/c1-3-16-37(17-4-1)38-30-32-40(33-31-38)54(48-26-15-19-39-18-7-8-22-43(39)48)41-34-35-52-47(36-41)53(44-23-9-12-27-49(44)55-50-28-13-10-24-45(50)53)46-25-11-14-29-51(46)56(52)42-20-5-2-6-21-42/h1-36H. The predicted molar refractivity (Wildman–Crippen MR) is 234 cm³/mol. The molecule has 0 aromatic heterocycles. The van der Waals surface area contributed by atoms with Crippen LogP contribution < -0.4 is 25.2 Å². The highest BCUT2D eigenvalue weighted by Gasteiger charge is 2.51. The third kappa shape index (κ3) is 4.95. The zero-order valence-corrected chi connectivity index (χ0v) is 31.6. The van der Waals surface area contributed by atoms with Crippen molar-refractivity contribution in [3.8, 4) is 22.6 Å². The quantitative estimate of drug-likeness (QED) is 0.164. The van der Waals surface area contributed by atoms with Crippen LogP contribution in [0.2, 0.25) is 0 Å². The third-order valence-electron chi connectivity index (χ3n) is 11.6. The Morgan fingerprint density at radius 3 is 1.70 bits per heavy atom. The molecule has 1 spiro atoms. The lowest BCUT2D eigenvalue weighted by Gasteiger charge is -2.47. The Morgan fingerprint density at radius 2 is 0.946 bits per heavy atom. The second-order valence-electron chi connectivity index (χ2n) is 14.6. The first-order valence-corrected chi connectivity index (χ1v) is 20.8. The second-order valence-corrected chi connectivity index (χ2v) is 17.0. The Bertz CT molecular complexity index is 2850. The minimum atomic E-state index is -1.42. The molecule has 0 atom stereocenters. The maximum absolute atomic E-state index is 6.76. The maximum atomic E-state index is 6.76. The SMILES string of the molecule is c1ccc(-c2ccc(N(c3ccc4c(c3)C3(c5ccccc5Oc5ccccc53)c3ccccc3[Si]4c3ccccc3)c3cccc4ccccc34)cc2)cc1. The molecular weight excluding hydrogens is 695 g/mol.